The predicted molar refractivity (Wildman–Crippen MR) is 53.1 cm³/mol. The molecule has 1 heterocycles. The number of nitrogens with zero attached hydrogens (tertiary/aromatic N) is 1. The fraction of sp³-hybridized carbons (Fsp3) is 0.778. The Morgan fingerprint density at radius 3 is 2.53 bits per heavy atom. The topological polar surface area (TPSA) is 3.24 Å². The van der Waals surface area contributed by atoms with Crippen LogP contribution in [0.3, 0.4) is 0 Å². The summed E-state index contributed by atoms with van der Waals surface area (Å²) in [4.78, 5) is 1.90. The van der Waals surface area contributed by atoms with Crippen LogP contribution in [0.5, 0.6) is 0 Å². The molecule has 1 unspecified atom stereocenters. The summed E-state index contributed by atoms with van der Waals surface area (Å²) in [7, 11) is 0. The van der Waals surface area contributed by atoms with Crippen molar-refractivity contribution in [3.05, 3.63) is 12.1 Å². The minimum Gasteiger partial charge on any atom is -0.445 e. The van der Waals surface area contributed by atoms with E-state index in [4.69, 9.17) is 0 Å². The number of hydrogen-bond acceptors (Lipinski definition) is 1. The number of hydrogen-bond donors (Lipinski definition) is 0. The van der Waals surface area contributed by atoms with Crippen LogP contribution in [-0.2, 0) is 0 Å². The number of likely N-dealkylation sites (tertiary alicyclic amines) is 1. The van der Waals surface area contributed by atoms with Crippen LogP contribution in [0.15, 0.2) is 12.1 Å². The first-order valence-corrected chi connectivity index (χ1v) is 5.06. The van der Waals surface area contributed by atoms with Crippen molar-refractivity contribution in [3.8, 4) is 0 Å². The number of rotatable bonds is 4. The molecule has 0 aliphatic carbocycles. The Labute approximate surface area is 132 Å². The smallest absolute Gasteiger partial charge is 0.445 e. The molecule has 0 amide bonds. The molecule has 1 aliphatic heterocycles. The first kappa shape index (κ1) is 16.2. The first-order chi connectivity index (χ1) is 6.45. The molecule has 1 aliphatic rings. The quantitative estimate of drug-likeness (QED) is 0.620. The fourth-order valence-electron chi connectivity index (χ4n) is 1.93. The van der Waals surface area contributed by atoms with Gasteiger partial charge in [0.1, 0.15) is 0 Å². The third-order valence-electron chi connectivity index (χ3n) is 2.84. The Morgan fingerprint density at radius 1 is 1.47 bits per heavy atom. The van der Waals surface area contributed by atoms with Crippen LogP contribution in [-0.4, -0.2) is 31.0 Å². The van der Waals surface area contributed by atoms with Gasteiger partial charge in [-0.3, -0.25) is 4.90 Å². The summed E-state index contributed by atoms with van der Waals surface area (Å²) in [6, 6.07) is 0.324. The van der Waals surface area contributed by atoms with Crippen LogP contribution in [0.25, 0.3) is 0 Å². The molecular weight excluding hydrogens is 229 g/mol. The Kier molecular flexibility index (Phi) is 7.35. The van der Waals surface area contributed by atoms with E-state index in [1.54, 1.807) is 0 Å². The summed E-state index contributed by atoms with van der Waals surface area (Å²) in [6.45, 7) is 1.07. The van der Waals surface area contributed by atoms with Gasteiger partial charge in [-0.15, -0.1) is 12.1 Å². The van der Waals surface area contributed by atoms with E-state index < -0.39 is 12.4 Å². The molecule has 6 heteroatoms. The van der Waals surface area contributed by atoms with Crippen molar-refractivity contribution in [1.82, 2.24) is 4.90 Å². The summed E-state index contributed by atoms with van der Waals surface area (Å²) in [6.07, 6.45) is 2.96. The van der Waals surface area contributed by atoms with Crippen LogP contribution < -0.4 is 51.4 Å². The van der Waals surface area contributed by atoms with Gasteiger partial charge in [0, 0.05) is 6.04 Å². The molecule has 0 aromatic heterocycles. The van der Waals surface area contributed by atoms with Crippen molar-refractivity contribution in [2.45, 2.75) is 32.2 Å². The largest absolute Gasteiger partial charge is 1.00 e. The van der Waals surface area contributed by atoms with Crippen molar-refractivity contribution in [3.63, 3.8) is 0 Å². The Balaban J connectivity index is 0.00000196. The van der Waals surface area contributed by atoms with Crippen LogP contribution in [0.2, 0.25) is 0 Å². The molecular formula is C9H16BF3KN. The first-order valence-electron chi connectivity index (χ1n) is 5.06. The maximum Gasteiger partial charge on any atom is 1.00 e. The zero-order valence-corrected chi connectivity index (χ0v) is 12.6. The summed E-state index contributed by atoms with van der Waals surface area (Å²) < 4.78 is 36.8. The van der Waals surface area contributed by atoms with Crippen molar-refractivity contribution in [2.24, 2.45) is 0 Å². The zero-order chi connectivity index (χ0) is 10.8. The second-order valence-electron chi connectivity index (χ2n) is 3.91. The van der Waals surface area contributed by atoms with E-state index in [2.05, 4.69) is 6.58 Å². The van der Waals surface area contributed by atoms with Gasteiger partial charge in [-0.25, -0.2) is 0 Å². The molecule has 0 N–H and O–H groups in total. The van der Waals surface area contributed by atoms with Crippen LogP contribution in [0.4, 0.5) is 12.9 Å². The van der Waals surface area contributed by atoms with Crippen LogP contribution in [0, 0.1) is 0 Å². The minimum atomic E-state index is -4.85. The molecule has 0 bridgehead atoms. The Hall–Kier alpha value is 1.19. The zero-order valence-electron chi connectivity index (χ0n) is 9.48. The summed E-state index contributed by atoms with van der Waals surface area (Å²) in [5.41, 5.74) is -0.564. The molecule has 1 saturated heterocycles. The van der Waals surface area contributed by atoms with E-state index >= 15 is 0 Å². The van der Waals surface area contributed by atoms with Gasteiger partial charge in [0.2, 0.25) is 0 Å². The Morgan fingerprint density at radius 2 is 2.07 bits per heavy atom. The maximum atomic E-state index is 12.3. The number of halogens is 3. The SMILES string of the molecule is C=C(CN1CCCC1CC)[B-](F)(F)F.[K+]. The van der Waals surface area contributed by atoms with Gasteiger partial charge >= 0.3 is 58.4 Å². The van der Waals surface area contributed by atoms with Gasteiger partial charge in [0.05, 0.1) is 0 Å². The summed E-state index contributed by atoms with van der Waals surface area (Å²) in [5, 5.41) is 0. The molecule has 0 aromatic carbocycles. The van der Waals surface area contributed by atoms with Crippen LogP contribution in [0.1, 0.15) is 26.2 Å². The average molecular weight is 245 g/mol. The molecule has 15 heavy (non-hydrogen) atoms. The van der Waals surface area contributed by atoms with Crippen molar-refractivity contribution < 1.29 is 64.3 Å². The maximum absolute atomic E-state index is 12.3. The fourth-order valence-corrected chi connectivity index (χ4v) is 1.93. The van der Waals surface area contributed by atoms with Crippen molar-refractivity contribution in [2.75, 3.05) is 13.1 Å². The average Bonchev–Trinajstić information content (AvgIpc) is 2.50. The third kappa shape index (κ3) is 4.91. The molecule has 1 nitrogen and oxygen atoms in total. The standard InChI is InChI=1S/C9H16BF3N.K/c1-3-9-5-4-6-14(9)7-8(2)10(11,12)13;/h9H,2-7H2,1H3;/q-1;+1. The van der Waals surface area contributed by atoms with E-state index in [9.17, 15) is 12.9 Å². The molecule has 0 radical (unpaired) electrons. The molecule has 0 aromatic rings. The van der Waals surface area contributed by atoms with Gasteiger partial charge in [0.15, 0.2) is 0 Å². The molecule has 1 atom stereocenters. The van der Waals surface area contributed by atoms with Crippen molar-refractivity contribution >= 4 is 6.98 Å². The molecule has 0 saturated carbocycles. The molecule has 82 valence electrons. The normalized spacial score (nSPS) is 22.5. The van der Waals surface area contributed by atoms with Gasteiger partial charge in [-0.1, -0.05) is 6.92 Å². The van der Waals surface area contributed by atoms with Gasteiger partial charge in [-0.2, -0.15) is 0 Å². The van der Waals surface area contributed by atoms with Crippen molar-refractivity contribution in [1.29, 1.82) is 0 Å². The summed E-state index contributed by atoms with van der Waals surface area (Å²) in [5.74, 6) is 0. The Bertz CT molecular complexity index is 220. The minimum absolute atomic E-state index is 0. The van der Waals surface area contributed by atoms with E-state index in [-0.39, 0.29) is 57.9 Å². The van der Waals surface area contributed by atoms with Gasteiger partial charge in [0.25, 0.3) is 0 Å². The van der Waals surface area contributed by atoms with E-state index in [1.165, 1.54) is 0 Å². The molecule has 1 fully saturated rings. The van der Waals surface area contributed by atoms with E-state index in [1.807, 2.05) is 11.8 Å². The van der Waals surface area contributed by atoms with E-state index in [0.717, 1.165) is 25.8 Å². The van der Waals surface area contributed by atoms with Gasteiger partial charge in [-0.05, 0) is 32.4 Å². The predicted octanol–water partition coefficient (Wildman–Crippen LogP) is -0.192. The molecule has 1 rings (SSSR count). The summed E-state index contributed by atoms with van der Waals surface area (Å²) >= 11 is 0. The van der Waals surface area contributed by atoms with Crippen LogP contribution >= 0.6 is 0 Å². The van der Waals surface area contributed by atoms with Gasteiger partial charge < -0.3 is 12.9 Å². The molecule has 0 spiro atoms. The second kappa shape index (κ2) is 6.81. The third-order valence-corrected chi connectivity index (χ3v) is 2.84. The monoisotopic (exact) mass is 245 g/mol. The van der Waals surface area contributed by atoms with E-state index in [0.29, 0.717) is 6.04 Å². The second-order valence-corrected chi connectivity index (χ2v) is 3.91.